The average Bonchev–Trinajstić information content (AvgIpc) is 3.64. The fourth-order valence-electron chi connectivity index (χ4n) is 4.63. The van der Waals surface area contributed by atoms with Gasteiger partial charge in [0.1, 0.15) is 16.9 Å². The van der Waals surface area contributed by atoms with Gasteiger partial charge in [0.05, 0.1) is 11.4 Å². The van der Waals surface area contributed by atoms with Gasteiger partial charge >= 0.3 is 0 Å². The molecule has 1 saturated heterocycles. The normalized spacial score (nSPS) is 14.5. The van der Waals surface area contributed by atoms with Crippen molar-refractivity contribution in [2.24, 2.45) is 0 Å². The van der Waals surface area contributed by atoms with Crippen molar-refractivity contribution >= 4 is 22.7 Å². The number of likely N-dealkylation sites (tertiary alicyclic amines) is 1. The first-order valence-electron chi connectivity index (χ1n) is 12.2. The van der Waals surface area contributed by atoms with E-state index in [1.165, 1.54) is 4.68 Å². The van der Waals surface area contributed by atoms with Crippen molar-refractivity contribution in [3.63, 3.8) is 0 Å². The van der Waals surface area contributed by atoms with E-state index in [1.807, 2.05) is 64.3 Å². The second kappa shape index (κ2) is 9.80. The van der Waals surface area contributed by atoms with Gasteiger partial charge in [0.25, 0.3) is 5.56 Å². The molecule has 36 heavy (non-hydrogen) atoms. The molecule has 1 fully saturated rings. The molecule has 10 heteroatoms. The monoisotopic (exact) mass is 487 g/mol. The van der Waals surface area contributed by atoms with Crippen molar-refractivity contribution < 1.29 is 9.59 Å². The molecule has 0 saturated carbocycles. The van der Waals surface area contributed by atoms with Gasteiger partial charge in [-0.05, 0) is 51.0 Å². The van der Waals surface area contributed by atoms with Crippen molar-refractivity contribution in [2.75, 3.05) is 19.6 Å². The van der Waals surface area contributed by atoms with E-state index >= 15 is 0 Å². The molecule has 1 aliphatic heterocycles. The number of rotatable bonds is 8. The van der Waals surface area contributed by atoms with Crippen molar-refractivity contribution in [3.8, 4) is 11.5 Å². The first kappa shape index (κ1) is 23.5. The van der Waals surface area contributed by atoms with E-state index < -0.39 is 6.04 Å². The number of fused-ring (bicyclic) bond motifs is 1. The highest BCUT2D eigenvalue weighted by atomic mass is 16.2. The van der Waals surface area contributed by atoms with Crippen LogP contribution in [0.3, 0.4) is 0 Å². The summed E-state index contributed by atoms with van der Waals surface area (Å²) < 4.78 is 4.81. The van der Waals surface area contributed by atoms with Crippen LogP contribution in [0.4, 0.5) is 0 Å². The minimum Gasteiger partial charge on any atom is -0.354 e. The van der Waals surface area contributed by atoms with Gasteiger partial charge in [-0.25, -0.2) is 9.36 Å². The molecule has 0 unspecified atom stereocenters. The largest absolute Gasteiger partial charge is 0.354 e. The number of carbonyl (C=O) groups excluding carboxylic acids is 2. The summed E-state index contributed by atoms with van der Waals surface area (Å²) in [6, 6.07) is 12.5. The lowest BCUT2D eigenvalue weighted by molar-refractivity contribution is -0.127. The minimum absolute atomic E-state index is 0.170. The standard InChI is InChI=1S/C26H29N7O3/c1-18-23-22(25(31-14-6-7-15-31)33(29-23)20-10-4-3-5-11-20)26(36)32(28-18)19(2)24(35)27-13-9-17-30-16-8-12-21(30)34/h3-7,10-11,14-15,19H,8-9,12-13,16-17H2,1-2H3,(H,27,35)/t19-/m1/s1. The smallest absolute Gasteiger partial charge is 0.280 e. The van der Waals surface area contributed by atoms with Crippen LogP contribution in [0, 0.1) is 6.92 Å². The topological polar surface area (TPSA) is 107 Å². The molecular formula is C26H29N7O3. The molecule has 1 aliphatic rings. The summed E-state index contributed by atoms with van der Waals surface area (Å²) >= 11 is 0. The van der Waals surface area contributed by atoms with Gasteiger partial charge in [0.2, 0.25) is 11.8 Å². The Balaban J connectivity index is 1.46. The summed E-state index contributed by atoms with van der Waals surface area (Å²) in [5, 5.41) is 12.5. The van der Waals surface area contributed by atoms with Crippen LogP contribution in [-0.4, -0.2) is 60.5 Å². The maximum atomic E-state index is 13.7. The molecular weight excluding hydrogens is 458 g/mol. The SMILES string of the molecule is Cc1nn([C@H](C)C(=O)NCCCN2CCCC2=O)c(=O)c2c(-n3cccc3)n(-c3ccccc3)nc12. The van der Waals surface area contributed by atoms with Crippen LogP contribution in [-0.2, 0) is 9.59 Å². The Labute approximate surface area is 208 Å². The predicted octanol–water partition coefficient (Wildman–Crippen LogP) is 2.37. The zero-order valence-electron chi connectivity index (χ0n) is 20.4. The summed E-state index contributed by atoms with van der Waals surface area (Å²) in [4.78, 5) is 40.2. The summed E-state index contributed by atoms with van der Waals surface area (Å²) in [7, 11) is 0. The van der Waals surface area contributed by atoms with Crippen LogP contribution in [0.1, 0.15) is 37.9 Å². The third kappa shape index (κ3) is 4.30. The first-order chi connectivity index (χ1) is 17.5. The second-order valence-corrected chi connectivity index (χ2v) is 9.02. The third-order valence-corrected chi connectivity index (χ3v) is 6.55. The Kier molecular flexibility index (Phi) is 6.41. The number of hydrogen-bond acceptors (Lipinski definition) is 5. The Morgan fingerprint density at radius 1 is 1.08 bits per heavy atom. The van der Waals surface area contributed by atoms with Crippen LogP contribution >= 0.6 is 0 Å². The molecule has 1 aromatic carbocycles. The molecule has 1 atom stereocenters. The molecule has 0 spiro atoms. The second-order valence-electron chi connectivity index (χ2n) is 9.02. The molecule has 4 heterocycles. The van der Waals surface area contributed by atoms with Gasteiger partial charge in [0, 0.05) is 38.4 Å². The highest BCUT2D eigenvalue weighted by molar-refractivity contribution is 5.88. The number of hydrogen-bond donors (Lipinski definition) is 1. The molecule has 0 aliphatic carbocycles. The molecule has 1 N–H and O–H groups in total. The molecule has 0 radical (unpaired) electrons. The van der Waals surface area contributed by atoms with Crippen LogP contribution in [0.2, 0.25) is 0 Å². The lowest BCUT2D eigenvalue weighted by Gasteiger charge is -2.17. The maximum absolute atomic E-state index is 13.7. The Morgan fingerprint density at radius 3 is 2.53 bits per heavy atom. The number of para-hydroxylation sites is 1. The van der Waals surface area contributed by atoms with Crippen molar-refractivity contribution in [1.82, 2.24) is 34.3 Å². The molecule has 4 aromatic rings. The molecule has 10 nitrogen and oxygen atoms in total. The molecule has 0 bridgehead atoms. The zero-order valence-corrected chi connectivity index (χ0v) is 20.4. The van der Waals surface area contributed by atoms with E-state index in [0.29, 0.717) is 48.3 Å². The number of nitrogens with one attached hydrogen (secondary N) is 1. The van der Waals surface area contributed by atoms with Gasteiger partial charge in [-0.1, -0.05) is 18.2 Å². The summed E-state index contributed by atoms with van der Waals surface area (Å²) in [6.45, 7) is 5.27. The van der Waals surface area contributed by atoms with E-state index in [0.717, 1.165) is 18.7 Å². The number of benzene rings is 1. The van der Waals surface area contributed by atoms with E-state index in [9.17, 15) is 14.4 Å². The van der Waals surface area contributed by atoms with E-state index in [-0.39, 0.29) is 17.4 Å². The van der Waals surface area contributed by atoms with Gasteiger partial charge in [-0.15, -0.1) is 0 Å². The fraction of sp³-hybridized carbons (Fsp3) is 0.346. The van der Waals surface area contributed by atoms with Crippen LogP contribution in [0.15, 0.2) is 59.7 Å². The number of aromatic nitrogens is 5. The summed E-state index contributed by atoms with van der Waals surface area (Å²) in [5.74, 6) is 0.464. The van der Waals surface area contributed by atoms with Crippen molar-refractivity contribution in [2.45, 2.75) is 39.2 Å². The van der Waals surface area contributed by atoms with Gasteiger partial charge < -0.3 is 14.8 Å². The van der Waals surface area contributed by atoms with Crippen molar-refractivity contribution in [3.05, 3.63) is 70.9 Å². The van der Waals surface area contributed by atoms with Gasteiger partial charge in [0.15, 0.2) is 5.82 Å². The Bertz CT molecular complexity index is 1450. The number of aryl methyl sites for hydroxylation is 1. The summed E-state index contributed by atoms with van der Waals surface area (Å²) in [5.41, 5.74) is 1.48. The van der Waals surface area contributed by atoms with Crippen molar-refractivity contribution in [1.29, 1.82) is 0 Å². The zero-order chi connectivity index (χ0) is 25.2. The van der Waals surface area contributed by atoms with Crippen LogP contribution in [0.5, 0.6) is 0 Å². The minimum atomic E-state index is -0.813. The molecule has 3 aromatic heterocycles. The third-order valence-electron chi connectivity index (χ3n) is 6.55. The molecule has 2 amide bonds. The molecule has 186 valence electrons. The Morgan fingerprint density at radius 2 is 1.83 bits per heavy atom. The van der Waals surface area contributed by atoms with E-state index in [4.69, 9.17) is 5.10 Å². The first-order valence-corrected chi connectivity index (χ1v) is 12.2. The quantitative estimate of drug-likeness (QED) is 0.384. The van der Waals surface area contributed by atoms with Gasteiger partial charge in [-0.3, -0.25) is 14.4 Å². The predicted molar refractivity (Wildman–Crippen MR) is 135 cm³/mol. The fourth-order valence-corrected chi connectivity index (χ4v) is 4.63. The van der Waals surface area contributed by atoms with Crippen LogP contribution < -0.4 is 10.9 Å². The van der Waals surface area contributed by atoms with E-state index in [1.54, 1.807) is 18.5 Å². The summed E-state index contributed by atoms with van der Waals surface area (Å²) in [6.07, 6.45) is 5.87. The van der Waals surface area contributed by atoms with Crippen LogP contribution in [0.25, 0.3) is 22.4 Å². The molecule has 5 rings (SSSR count). The highest BCUT2D eigenvalue weighted by Crippen LogP contribution is 2.25. The number of carbonyl (C=O) groups is 2. The van der Waals surface area contributed by atoms with E-state index in [2.05, 4.69) is 10.4 Å². The average molecular weight is 488 g/mol. The highest BCUT2D eigenvalue weighted by Gasteiger charge is 2.25. The number of nitrogens with zero attached hydrogens (tertiary/aromatic N) is 6. The Hall–Kier alpha value is -4.21. The number of amides is 2. The maximum Gasteiger partial charge on any atom is 0.280 e. The lowest BCUT2D eigenvalue weighted by atomic mass is 10.2. The van der Waals surface area contributed by atoms with Gasteiger partial charge in [-0.2, -0.15) is 10.2 Å². The lowest BCUT2D eigenvalue weighted by Crippen LogP contribution is -2.38.